The van der Waals surface area contributed by atoms with Crippen LogP contribution in [0.2, 0.25) is 0 Å². The number of carbonyl (C=O) groups excluding carboxylic acids is 3. The summed E-state index contributed by atoms with van der Waals surface area (Å²) in [4.78, 5) is 39.4. The maximum absolute atomic E-state index is 13.3. The zero-order valence-electron chi connectivity index (χ0n) is 25.1. The highest BCUT2D eigenvalue weighted by molar-refractivity contribution is 9.10. The molecule has 0 radical (unpaired) electrons. The molecule has 0 atom stereocenters. The van der Waals surface area contributed by atoms with E-state index in [9.17, 15) is 19.5 Å². The second kappa shape index (κ2) is 14.7. The van der Waals surface area contributed by atoms with Crippen LogP contribution < -0.4 is 29.2 Å². The number of hydrogen-bond acceptors (Lipinski definition) is 8. The van der Waals surface area contributed by atoms with Crippen molar-refractivity contribution in [2.24, 2.45) is 0 Å². The van der Waals surface area contributed by atoms with Crippen LogP contribution in [0.15, 0.2) is 95.0 Å². The number of urea groups is 1. The van der Waals surface area contributed by atoms with Gasteiger partial charge in [-0.1, -0.05) is 36.4 Å². The molecule has 10 nitrogen and oxygen atoms in total. The van der Waals surface area contributed by atoms with Crippen molar-refractivity contribution in [1.82, 2.24) is 5.32 Å². The van der Waals surface area contributed by atoms with E-state index in [4.69, 9.17) is 18.9 Å². The van der Waals surface area contributed by atoms with E-state index in [0.29, 0.717) is 52.9 Å². The Labute approximate surface area is 274 Å². The molecule has 5 rings (SSSR count). The maximum atomic E-state index is 13.3. The molecule has 4 amide bonds. The van der Waals surface area contributed by atoms with E-state index in [1.807, 2.05) is 62.4 Å². The van der Waals surface area contributed by atoms with E-state index in [0.717, 1.165) is 16.0 Å². The van der Waals surface area contributed by atoms with Crippen LogP contribution in [0.3, 0.4) is 0 Å². The van der Waals surface area contributed by atoms with E-state index >= 15 is 0 Å². The SMILES string of the molecule is CCOc1cc(COc2c(Br)cc(/C=C3/C(=O)NC(=O)N(c4ccc(O)cc4)C3=O)cc2OCC)ccc1OCc1ccccc1. The quantitative estimate of drug-likeness (QED) is 0.124. The molecular weight excluding hydrogens is 656 g/mol. The van der Waals surface area contributed by atoms with Gasteiger partial charge in [-0.15, -0.1) is 0 Å². The van der Waals surface area contributed by atoms with Crippen molar-refractivity contribution in [2.45, 2.75) is 27.1 Å². The van der Waals surface area contributed by atoms with Gasteiger partial charge in [0.15, 0.2) is 23.0 Å². The summed E-state index contributed by atoms with van der Waals surface area (Å²) in [6.45, 7) is 5.10. The number of hydrogen-bond donors (Lipinski definition) is 2. The number of phenolic OH excluding ortho intramolecular Hbond substituents is 1. The number of rotatable bonds is 12. The Morgan fingerprint density at radius 2 is 1.46 bits per heavy atom. The van der Waals surface area contributed by atoms with Crippen LogP contribution in [0.25, 0.3) is 6.08 Å². The minimum absolute atomic E-state index is 0.0318. The second-order valence-electron chi connectivity index (χ2n) is 10.0. The Bertz CT molecular complexity index is 1770. The number of halogens is 1. The summed E-state index contributed by atoms with van der Waals surface area (Å²) >= 11 is 3.54. The molecule has 0 aliphatic carbocycles. The Morgan fingerprint density at radius 1 is 0.761 bits per heavy atom. The first kappa shape index (κ1) is 32.1. The number of barbiturate groups is 1. The lowest BCUT2D eigenvalue weighted by molar-refractivity contribution is -0.122. The predicted octanol–water partition coefficient (Wildman–Crippen LogP) is 6.78. The number of nitrogens with zero attached hydrogens (tertiary/aromatic N) is 1. The summed E-state index contributed by atoms with van der Waals surface area (Å²) < 4.78 is 24.4. The molecule has 0 bridgehead atoms. The monoisotopic (exact) mass is 686 g/mol. The number of carbonyl (C=O) groups is 3. The lowest BCUT2D eigenvalue weighted by Crippen LogP contribution is -2.54. The lowest BCUT2D eigenvalue weighted by atomic mass is 10.1. The van der Waals surface area contributed by atoms with Crippen molar-refractivity contribution in [3.8, 4) is 28.7 Å². The molecule has 236 valence electrons. The van der Waals surface area contributed by atoms with Crippen LogP contribution in [0, 0.1) is 0 Å². The molecule has 46 heavy (non-hydrogen) atoms. The fraction of sp³-hybridized carbons (Fsp3) is 0.171. The average molecular weight is 688 g/mol. The van der Waals surface area contributed by atoms with Gasteiger partial charge in [-0.05, 0) is 101 Å². The summed E-state index contributed by atoms with van der Waals surface area (Å²) in [7, 11) is 0. The zero-order valence-corrected chi connectivity index (χ0v) is 26.7. The molecule has 4 aromatic carbocycles. The van der Waals surface area contributed by atoms with E-state index in [2.05, 4.69) is 21.2 Å². The molecule has 0 aromatic heterocycles. The Morgan fingerprint density at radius 3 is 2.17 bits per heavy atom. The zero-order chi connectivity index (χ0) is 32.6. The number of ether oxygens (including phenoxy) is 4. The van der Waals surface area contributed by atoms with Crippen LogP contribution >= 0.6 is 15.9 Å². The maximum Gasteiger partial charge on any atom is 0.335 e. The van der Waals surface area contributed by atoms with Gasteiger partial charge in [0.1, 0.15) is 24.5 Å². The van der Waals surface area contributed by atoms with Crippen molar-refractivity contribution >= 4 is 45.5 Å². The molecule has 1 aliphatic rings. The van der Waals surface area contributed by atoms with Gasteiger partial charge in [0.2, 0.25) is 0 Å². The third-order valence-corrected chi connectivity index (χ3v) is 7.37. The number of anilines is 1. The molecule has 1 fully saturated rings. The van der Waals surface area contributed by atoms with Crippen LogP contribution in [0.1, 0.15) is 30.5 Å². The van der Waals surface area contributed by atoms with Crippen LogP contribution in [0.5, 0.6) is 28.7 Å². The van der Waals surface area contributed by atoms with E-state index in [1.54, 1.807) is 12.1 Å². The molecule has 1 heterocycles. The number of nitrogens with one attached hydrogen (secondary N) is 1. The molecule has 1 saturated heterocycles. The summed E-state index contributed by atoms with van der Waals surface area (Å²) in [5, 5.41) is 11.8. The van der Waals surface area contributed by atoms with Gasteiger partial charge in [-0.25, -0.2) is 9.69 Å². The first-order valence-corrected chi connectivity index (χ1v) is 15.3. The summed E-state index contributed by atoms with van der Waals surface area (Å²) in [5.41, 5.74) is 2.27. The summed E-state index contributed by atoms with van der Waals surface area (Å²) in [6, 6.07) is 23.4. The standard InChI is InChI=1S/C35H31BrN2O8/c1-3-43-30-18-23(10-15-29(30)45-20-22-8-6-5-7-9-22)21-46-32-28(36)17-24(19-31(32)44-4-2)16-27-33(40)37-35(42)38(34(27)41)25-11-13-26(39)14-12-25/h5-19,39H,3-4,20-21H2,1-2H3,(H,37,40,42)/b27-16-. The van der Waals surface area contributed by atoms with Crippen molar-refractivity contribution in [3.05, 3.63) is 112 Å². The first-order chi connectivity index (χ1) is 22.3. The molecule has 4 aromatic rings. The van der Waals surface area contributed by atoms with E-state index in [1.165, 1.54) is 30.3 Å². The lowest BCUT2D eigenvalue weighted by Gasteiger charge is -2.26. The van der Waals surface area contributed by atoms with Gasteiger partial charge in [-0.2, -0.15) is 0 Å². The first-order valence-electron chi connectivity index (χ1n) is 14.5. The van der Waals surface area contributed by atoms with Gasteiger partial charge < -0.3 is 24.1 Å². The topological polar surface area (TPSA) is 124 Å². The van der Waals surface area contributed by atoms with E-state index in [-0.39, 0.29) is 23.6 Å². The summed E-state index contributed by atoms with van der Waals surface area (Å²) in [5.74, 6) is 0.348. The van der Waals surface area contributed by atoms with Crippen molar-refractivity contribution < 1.29 is 38.4 Å². The number of amides is 4. The highest BCUT2D eigenvalue weighted by Crippen LogP contribution is 2.39. The second-order valence-corrected chi connectivity index (χ2v) is 10.9. The number of phenols is 1. The van der Waals surface area contributed by atoms with Gasteiger partial charge in [0.25, 0.3) is 11.8 Å². The number of aromatic hydroxyl groups is 1. The number of benzene rings is 4. The molecule has 0 spiro atoms. The largest absolute Gasteiger partial charge is 0.508 e. The third-order valence-electron chi connectivity index (χ3n) is 6.78. The fourth-order valence-electron chi connectivity index (χ4n) is 4.66. The van der Waals surface area contributed by atoms with Crippen LogP contribution in [0.4, 0.5) is 10.5 Å². The van der Waals surface area contributed by atoms with Gasteiger partial charge in [0.05, 0.1) is 23.4 Å². The molecule has 2 N–H and O–H groups in total. The van der Waals surface area contributed by atoms with Crippen LogP contribution in [-0.4, -0.2) is 36.2 Å². The van der Waals surface area contributed by atoms with Crippen molar-refractivity contribution in [3.63, 3.8) is 0 Å². The van der Waals surface area contributed by atoms with Gasteiger partial charge in [-0.3, -0.25) is 14.9 Å². The fourth-order valence-corrected chi connectivity index (χ4v) is 5.23. The minimum Gasteiger partial charge on any atom is -0.508 e. The van der Waals surface area contributed by atoms with Gasteiger partial charge in [0, 0.05) is 0 Å². The normalized spacial score (nSPS) is 13.8. The molecule has 0 saturated carbocycles. The minimum atomic E-state index is -0.888. The molecular formula is C35H31BrN2O8. The van der Waals surface area contributed by atoms with E-state index < -0.39 is 17.8 Å². The Hall–Kier alpha value is -5.29. The molecule has 11 heteroatoms. The average Bonchev–Trinajstić information content (AvgIpc) is 3.04. The third kappa shape index (κ3) is 7.49. The smallest absolute Gasteiger partial charge is 0.335 e. The highest BCUT2D eigenvalue weighted by Gasteiger charge is 2.37. The van der Waals surface area contributed by atoms with Crippen molar-refractivity contribution in [2.75, 3.05) is 18.1 Å². The van der Waals surface area contributed by atoms with Crippen molar-refractivity contribution in [1.29, 1.82) is 0 Å². The Balaban J connectivity index is 1.36. The predicted molar refractivity (Wildman–Crippen MR) is 175 cm³/mol. The molecule has 1 aliphatic heterocycles. The summed E-state index contributed by atoms with van der Waals surface area (Å²) in [6.07, 6.45) is 1.37. The van der Waals surface area contributed by atoms with Crippen LogP contribution in [-0.2, 0) is 22.8 Å². The van der Waals surface area contributed by atoms with Gasteiger partial charge >= 0.3 is 6.03 Å². The highest BCUT2D eigenvalue weighted by atomic mass is 79.9. The Kier molecular flexibility index (Phi) is 10.2. The number of imide groups is 2. The molecule has 0 unspecified atom stereocenters.